The van der Waals surface area contributed by atoms with Crippen molar-refractivity contribution in [2.75, 3.05) is 0 Å². The van der Waals surface area contributed by atoms with Crippen molar-refractivity contribution in [3.63, 3.8) is 0 Å². The van der Waals surface area contributed by atoms with Crippen LogP contribution in [0.1, 0.15) is 57.1 Å². The number of rotatable bonds is 5. The molecule has 0 amide bonds. The largest absolute Gasteiger partial charge is 0.0654 e. The second-order valence-corrected chi connectivity index (χ2v) is 4.11. The van der Waals surface area contributed by atoms with Crippen LogP contribution in [0, 0.1) is 0 Å². The molecule has 14 heavy (non-hydrogen) atoms. The molecule has 0 fully saturated rings. The van der Waals surface area contributed by atoms with Crippen molar-refractivity contribution >= 4 is 0 Å². The van der Waals surface area contributed by atoms with Crippen molar-refractivity contribution in [2.45, 2.75) is 52.4 Å². The van der Waals surface area contributed by atoms with Gasteiger partial charge in [-0.2, -0.15) is 0 Å². The van der Waals surface area contributed by atoms with Gasteiger partial charge in [-0.1, -0.05) is 51.5 Å². The van der Waals surface area contributed by atoms with Gasteiger partial charge >= 0.3 is 0 Å². The number of benzene rings is 1. The molecule has 0 spiro atoms. The third kappa shape index (κ3) is 2.87. The molecule has 0 aliphatic carbocycles. The highest BCUT2D eigenvalue weighted by molar-refractivity contribution is 5.30. The number of aryl methyl sites for hydroxylation is 1. The minimum Gasteiger partial charge on any atom is -0.0654 e. The van der Waals surface area contributed by atoms with Gasteiger partial charge in [0, 0.05) is 0 Å². The van der Waals surface area contributed by atoms with Crippen LogP contribution in [0.25, 0.3) is 0 Å². The van der Waals surface area contributed by atoms with Gasteiger partial charge in [0.1, 0.15) is 0 Å². The van der Waals surface area contributed by atoms with Crippen LogP contribution < -0.4 is 0 Å². The van der Waals surface area contributed by atoms with Crippen LogP contribution in [0.4, 0.5) is 0 Å². The highest BCUT2D eigenvalue weighted by Crippen LogP contribution is 2.23. The van der Waals surface area contributed by atoms with Crippen LogP contribution in [0.2, 0.25) is 0 Å². The second-order valence-electron chi connectivity index (χ2n) is 4.11. The van der Waals surface area contributed by atoms with Gasteiger partial charge in [-0.05, 0) is 36.3 Å². The molecule has 0 heterocycles. The predicted molar refractivity (Wildman–Crippen MR) is 63.8 cm³/mol. The summed E-state index contributed by atoms with van der Waals surface area (Å²) in [7, 11) is 0. The Labute approximate surface area is 88.4 Å². The van der Waals surface area contributed by atoms with Gasteiger partial charge < -0.3 is 0 Å². The molecule has 1 rings (SSSR count). The second kappa shape index (κ2) is 5.85. The van der Waals surface area contributed by atoms with Crippen molar-refractivity contribution in [1.29, 1.82) is 0 Å². The zero-order valence-corrected chi connectivity index (χ0v) is 9.72. The van der Waals surface area contributed by atoms with Crippen LogP contribution in [-0.4, -0.2) is 0 Å². The van der Waals surface area contributed by atoms with Crippen molar-refractivity contribution in [3.8, 4) is 0 Å². The number of hydrogen-bond acceptors (Lipinski definition) is 0. The summed E-state index contributed by atoms with van der Waals surface area (Å²) in [5.41, 5.74) is 3.12. The highest BCUT2D eigenvalue weighted by atomic mass is 14.1. The van der Waals surface area contributed by atoms with Gasteiger partial charge in [0.2, 0.25) is 0 Å². The first-order valence-electron chi connectivity index (χ1n) is 5.87. The Balaban J connectivity index is 2.79. The molecule has 1 atom stereocenters. The molecular formula is C14H22. The van der Waals surface area contributed by atoms with Crippen molar-refractivity contribution < 1.29 is 0 Å². The minimum atomic E-state index is 0.711. The smallest absolute Gasteiger partial charge is 0.0190 e. The lowest BCUT2D eigenvalue weighted by atomic mass is 9.91. The summed E-state index contributed by atoms with van der Waals surface area (Å²) < 4.78 is 0. The standard InChI is InChI=1S/C14H22/c1-4-6-9-13-10-7-8-11-14(13)12(3)5-2/h7-8,10-12H,4-6,9H2,1-3H3. The fourth-order valence-electron chi connectivity index (χ4n) is 1.83. The fraction of sp³-hybridized carbons (Fsp3) is 0.571. The number of unbranched alkanes of at least 4 members (excludes halogenated alkanes) is 1. The molecule has 0 aromatic heterocycles. The summed E-state index contributed by atoms with van der Waals surface area (Å²) in [6.07, 6.45) is 5.09. The average Bonchev–Trinajstić information content (AvgIpc) is 2.25. The van der Waals surface area contributed by atoms with Crippen LogP contribution in [0.5, 0.6) is 0 Å². The lowest BCUT2D eigenvalue weighted by Crippen LogP contribution is -1.98. The summed E-state index contributed by atoms with van der Waals surface area (Å²) in [5.74, 6) is 0.711. The monoisotopic (exact) mass is 190 g/mol. The summed E-state index contributed by atoms with van der Waals surface area (Å²) in [6, 6.07) is 8.91. The molecule has 0 aliphatic rings. The SMILES string of the molecule is CCCCc1ccccc1C(C)CC. The molecule has 0 aliphatic heterocycles. The Morgan fingerprint density at radius 1 is 1.14 bits per heavy atom. The van der Waals surface area contributed by atoms with Gasteiger partial charge in [0.15, 0.2) is 0 Å². The lowest BCUT2D eigenvalue weighted by molar-refractivity contribution is 0.708. The number of hydrogen-bond donors (Lipinski definition) is 0. The molecule has 0 saturated heterocycles. The van der Waals surface area contributed by atoms with E-state index in [4.69, 9.17) is 0 Å². The summed E-state index contributed by atoms with van der Waals surface area (Å²) >= 11 is 0. The Morgan fingerprint density at radius 2 is 1.86 bits per heavy atom. The fourth-order valence-corrected chi connectivity index (χ4v) is 1.83. The van der Waals surface area contributed by atoms with Crippen LogP contribution >= 0.6 is 0 Å². The van der Waals surface area contributed by atoms with E-state index in [1.54, 1.807) is 11.1 Å². The molecule has 0 bridgehead atoms. The van der Waals surface area contributed by atoms with E-state index in [1.165, 1.54) is 25.7 Å². The van der Waals surface area contributed by atoms with Crippen molar-refractivity contribution in [3.05, 3.63) is 35.4 Å². The molecule has 0 nitrogen and oxygen atoms in total. The normalized spacial score (nSPS) is 12.8. The molecule has 0 saturated carbocycles. The van der Waals surface area contributed by atoms with Crippen LogP contribution in [-0.2, 0) is 6.42 Å². The molecule has 78 valence electrons. The minimum absolute atomic E-state index is 0.711. The van der Waals surface area contributed by atoms with E-state index < -0.39 is 0 Å². The first-order valence-corrected chi connectivity index (χ1v) is 5.87. The van der Waals surface area contributed by atoms with Gasteiger partial charge in [0.25, 0.3) is 0 Å². The molecule has 0 N–H and O–H groups in total. The summed E-state index contributed by atoms with van der Waals surface area (Å²) in [5, 5.41) is 0. The topological polar surface area (TPSA) is 0 Å². The van der Waals surface area contributed by atoms with E-state index in [9.17, 15) is 0 Å². The van der Waals surface area contributed by atoms with Crippen molar-refractivity contribution in [1.82, 2.24) is 0 Å². The Hall–Kier alpha value is -0.780. The van der Waals surface area contributed by atoms with Gasteiger partial charge in [-0.15, -0.1) is 0 Å². The zero-order valence-electron chi connectivity index (χ0n) is 9.72. The summed E-state index contributed by atoms with van der Waals surface area (Å²) in [6.45, 7) is 6.85. The molecular weight excluding hydrogens is 168 g/mol. The Kier molecular flexibility index (Phi) is 4.72. The van der Waals surface area contributed by atoms with E-state index in [0.29, 0.717) is 5.92 Å². The zero-order chi connectivity index (χ0) is 10.4. The van der Waals surface area contributed by atoms with Crippen LogP contribution in [0.3, 0.4) is 0 Å². The van der Waals surface area contributed by atoms with Crippen LogP contribution in [0.15, 0.2) is 24.3 Å². The van der Waals surface area contributed by atoms with Crippen molar-refractivity contribution in [2.24, 2.45) is 0 Å². The third-order valence-electron chi connectivity index (χ3n) is 3.00. The quantitative estimate of drug-likeness (QED) is 0.639. The molecule has 0 radical (unpaired) electrons. The Morgan fingerprint density at radius 3 is 2.50 bits per heavy atom. The maximum absolute atomic E-state index is 2.32. The third-order valence-corrected chi connectivity index (χ3v) is 3.00. The Bertz CT molecular complexity index is 262. The molecule has 1 aromatic carbocycles. The molecule has 1 unspecified atom stereocenters. The van der Waals surface area contributed by atoms with E-state index in [-0.39, 0.29) is 0 Å². The van der Waals surface area contributed by atoms with E-state index in [0.717, 1.165) is 0 Å². The summed E-state index contributed by atoms with van der Waals surface area (Å²) in [4.78, 5) is 0. The maximum atomic E-state index is 2.32. The van der Waals surface area contributed by atoms with Gasteiger partial charge in [-0.3, -0.25) is 0 Å². The maximum Gasteiger partial charge on any atom is -0.0190 e. The lowest BCUT2D eigenvalue weighted by Gasteiger charge is -2.14. The van der Waals surface area contributed by atoms with E-state index in [1.807, 2.05) is 0 Å². The van der Waals surface area contributed by atoms with Gasteiger partial charge in [-0.25, -0.2) is 0 Å². The predicted octanol–water partition coefficient (Wildman–Crippen LogP) is 4.54. The first-order chi connectivity index (χ1) is 6.79. The molecule has 0 heteroatoms. The first kappa shape index (κ1) is 11.3. The average molecular weight is 190 g/mol. The van der Waals surface area contributed by atoms with E-state index >= 15 is 0 Å². The van der Waals surface area contributed by atoms with Gasteiger partial charge in [0.05, 0.1) is 0 Å². The highest BCUT2D eigenvalue weighted by Gasteiger charge is 2.07. The van der Waals surface area contributed by atoms with E-state index in [2.05, 4.69) is 45.0 Å². The molecule has 1 aromatic rings.